The Morgan fingerprint density at radius 1 is 1.26 bits per heavy atom. The molecule has 2 aromatic rings. The number of benzene rings is 1. The molecule has 3 nitrogen and oxygen atoms in total. The number of aromatic nitrogens is 2. The largest absolute Gasteiger partial charge is 0.380 e. The predicted octanol–water partition coefficient (Wildman–Crippen LogP) is 4.68. The molecule has 1 aromatic carbocycles. The minimum absolute atomic E-state index is 0.0565. The van der Waals surface area contributed by atoms with E-state index in [2.05, 4.69) is 4.98 Å². The average molecular weight is 322 g/mol. The molecule has 19 heavy (non-hydrogen) atoms. The summed E-state index contributed by atoms with van der Waals surface area (Å²) < 4.78 is 7.34. The Bertz CT molecular complexity index is 595. The number of methoxy groups -OCH3 is 1. The van der Waals surface area contributed by atoms with Crippen LogP contribution in [0.4, 0.5) is 0 Å². The first-order valence-corrected chi connectivity index (χ1v) is 7.15. The summed E-state index contributed by atoms with van der Waals surface area (Å²) in [6, 6.07) is 3.58. The zero-order valence-electron chi connectivity index (χ0n) is 11.0. The van der Waals surface area contributed by atoms with Crippen LogP contribution >= 0.6 is 34.8 Å². The van der Waals surface area contributed by atoms with Gasteiger partial charge in [-0.2, -0.15) is 0 Å². The standard InChI is InChI=1S/C13H15Cl3N2O/c1-7(19-3)6-18-12-5-10(16)9(15)4-11(12)17-13(18)8(2)14/h4-5,7-8H,6H2,1-3H3. The lowest BCUT2D eigenvalue weighted by Gasteiger charge is -2.15. The van der Waals surface area contributed by atoms with Gasteiger partial charge in [0.05, 0.1) is 39.1 Å². The molecule has 2 atom stereocenters. The predicted molar refractivity (Wildman–Crippen MR) is 80.5 cm³/mol. The number of ether oxygens (including phenoxy) is 1. The molecule has 2 unspecified atom stereocenters. The van der Waals surface area contributed by atoms with Crippen LogP contribution in [0.1, 0.15) is 25.0 Å². The van der Waals surface area contributed by atoms with E-state index < -0.39 is 0 Å². The van der Waals surface area contributed by atoms with Gasteiger partial charge in [0.2, 0.25) is 0 Å². The normalized spacial score (nSPS) is 14.8. The van der Waals surface area contributed by atoms with Gasteiger partial charge in [-0.05, 0) is 26.0 Å². The second-order valence-corrected chi connectivity index (χ2v) is 5.97. The van der Waals surface area contributed by atoms with Crippen molar-refractivity contribution in [2.24, 2.45) is 0 Å². The van der Waals surface area contributed by atoms with Crippen LogP contribution in [-0.4, -0.2) is 22.8 Å². The Morgan fingerprint density at radius 2 is 1.89 bits per heavy atom. The van der Waals surface area contributed by atoms with E-state index in [0.29, 0.717) is 16.6 Å². The molecule has 0 fully saturated rings. The van der Waals surface area contributed by atoms with Crippen molar-refractivity contribution in [1.29, 1.82) is 0 Å². The fraction of sp³-hybridized carbons (Fsp3) is 0.462. The molecule has 1 aromatic heterocycles. The van der Waals surface area contributed by atoms with Crippen molar-refractivity contribution >= 4 is 45.8 Å². The summed E-state index contributed by atoms with van der Waals surface area (Å²) in [6.07, 6.45) is 0.0565. The summed E-state index contributed by atoms with van der Waals surface area (Å²) in [5, 5.41) is 0.801. The van der Waals surface area contributed by atoms with Crippen LogP contribution in [0.15, 0.2) is 12.1 Å². The molecule has 0 N–H and O–H groups in total. The van der Waals surface area contributed by atoms with Crippen LogP contribution in [0.5, 0.6) is 0 Å². The van der Waals surface area contributed by atoms with Crippen LogP contribution in [0.3, 0.4) is 0 Å². The van der Waals surface area contributed by atoms with E-state index in [4.69, 9.17) is 39.5 Å². The van der Waals surface area contributed by atoms with Gasteiger partial charge in [-0.15, -0.1) is 11.6 Å². The number of hydrogen-bond donors (Lipinski definition) is 0. The number of imidazole rings is 1. The molecule has 0 aliphatic carbocycles. The summed E-state index contributed by atoms with van der Waals surface area (Å²) in [5.74, 6) is 0.791. The van der Waals surface area contributed by atoms with E-state index in [1.54, 1.807) is 13.2 Å². The summed E-state index contributed by atoms with van der Waals surface area (Å²) in [7, 11) is 1.68. The maximum atomic E-state index is 6.20. The van der Waals surface area contributed by atoms with Crippen molar-refractivity contribution in [3.8, 4) is 0 Å². The van der Waals surface area contributed by atoms with Crippen molar-refractivity contribution < 1.29 is 4.74 Å². The van der Waals surface area contributed by atoms with Crippen molar-refractivity contribution in [2.75, 3.05) is 7.11 Å². The summed E-state index contributed by atoms with van der Waals surface area (Å²) >= 11 is 18.3. The number of fused-ring (bicyclic) bond motifs is 1. The highest BCUT2D eigenvalue weighted by Gasteiger charge is 2.18. The van der Waals surface area contributed by atoms with Crippen LogP contribution in [0.2, 0.25) is 10.0 Å². The first-order valence-electron chi connectivity index (χ1n) is 5.96. The minimum Gasteiger partial charge on any atom is -0.380 e. The molecular weight excluding hydrogens is 307 g/mol. The first kappa shape index (κ1) is 14.9. The lowest BCUT2D eigenvalue weighted by molar-refractivity contribution is 0.103. The lowest BCUT2D eigenvalue weighted by Crippen LogP contribution is -2.17. The van der Waals surface area contributed by atoms with Gasteiger partial charge in [-0.3, -0.25) is 0 Å². The molecule has 0 spiro atoms. The van der Waals surface area contributed by atoms with Gasteiger partial charge in [-0.25, -0.2) is 4.98 Å². The van der Waals surface area contributed by atoms with E-state index in [-0.39, 0.29) is 11.5 Å². The van der Waals surface area contributed by atoms with Crippen molar-refractivity contribution in [3.63, 3.8) is 0 Å². The molecule has 0 amide bonds. The summed E-state index contributed by atoms with van der Waals surface area (Å²) in [5.41, 5.74) is 1.71. The second-order valence-electron chi connectivity index (χ2n) is 4.50. The fourth-order valence-corrected chi connectivity index (χ4v) is 2.45. The molecular formula is C13H15Cl3N2O. The highest BCUT2D eigenvalue weighted by Crippen LogP contribution is 2.31. The number of hydrogen-bond acceptors (Lipinski definition) is 2. The number of alkyl halides is 1. The van der Waals surface area contributed by atoms with Crippen LogP contribution in [0.25, 0.3) is 11.0 Å². The quantitative estimate of drug-likeness (QED) is 0.765. The van der Waals surface area contributed by atoms with E-state index in [1.807, 2.05) is 24.5 Å². The van der Waals surface area contributed by atoms with Crippen LogP contribution in [-0.2, 0) is 11.3 Å². The molecule has 0 aliphatic heterocycles. The number of rotatable bonds is 4. The van der Waals surface area contributed by atoms with Crippen molar-refractivity contribution in [1.82, 2.24) is 9.55 Å². The second kappa shape index (κ2) is 5.88. The third kappa shape index (κ3) is 3.00. The highest BCUT2D eigenvalue weighted by molar-refractivity contribution is 6.42. The molecule has 1 heterocycles. The SMILES string of the molecule is COC(C)Cn1c(C(C)Cl)nc2cc(Cl)c(Cl)cc21. The highest BCUT2D eigenvalue weighted by atomic mass is 35.5. The van der Waals surface area contributed by atoms with E-state index in [1.165, 1.54) is 0 Å². The van der Waals surface area contributed by atoms with Crippen LogP contribution in [0, 0.1) is 0 Å². The maximum Gasteiger partial charge on any atom is 0.127 e. The summed E-state index contributed by atoms with van der Waals surface area (Å²) in [4.78, 5) is 4.53. The van der Waals surface area contributed by atoms with Gasteiger partial charge in [0, 0.05) is 7.11 Å². The molecule has 0 saturated heterocycles. The first-order chi connectivity index (χ1) is 8.93. The topological polar surface area (TPSA) is 27.1 Å². The van der Waals surface area contributed by atoms with Gasteiger partial charge < -0.3 is 9.30 Å². The third-order valence-corrected chi connectivity index (χ3v) is 3.93. The Morgan fingerprint density at radius 3 is 2.47 bits per heavy atom. The fourth-order valence-electron chi connectivity index (χ4n) is 1.97. The minimum atomic E-state index is -0.200. The Kier molecular flexibility index (Phi) is 4.62. The monoisotopic (exact) mass is 320 g/mol. The Labute approximate surface area is 127 Å². The molecule has 0 radical (unpaired) electrons. The van der Waals surface area contributed by atoms with Crippen molar-refractivity contribution in [2.45, 2.75) is 31.9 Å². The van der Waals surface area contributed by atoms with Gasteiger partial charge in [0.1, 0.15) is 5.82 Å². The van der Waals surface area contributed by atoms with Crippen LogP contribution < -0.4 is 0 Å². The Balaban J connectivity index is 2.62. The average Bonchev–Trinajstić information content (AvgIpc) is 2.68. The van der Waals surface area contributed by atoms with E-state index in [0.717, 1.165) is 16.9 Å². The van der Waals surface area contributed by atoms with Crippen molar-refractivity contribution in [3.05, 3.63) is 28.0 Å². The maximum absolute atomic E-state index is 6.20. The molecule has 0 bridgehead atoms. The molecule has 0 saturated carbocycles. The zero-order valence-corrected chi connectivity index (χ0v) is 13.2. The molecule has 0 aliphatic rings. The van der Waals surface area contributed by atoms with Gasteiger partial charge in [0.25, 0.3) is 0 Å². The molecule has 104 valence electrons. The molecule has 2 rings (SSSR count). The number of nitrogens with zero attached hydrogens (tertiary/aromatic N) is 2. The number of halogens is 3. The lowest BCUT2D eigenvalue weighted by atomic mass is 10.3. The zero-order chi connectivity index (χ0) is 14.2. The third-order valence-electron chi connectivity index (χ3n) is 3.02. The van der Waals surface area contributed by atoms with Gasteiger partial charge in [0.15, 0.2) is 0 Å². The van der Waals surface area contributed by atoms with E-state index >= 15 is 0 Å². The van der Waals surface area contributed by atoms with Gasteiger partial charge >= 0.3 is 0 Å². The van der Waals surface area contributed by atoms with E-state index in [9.17, 15) is 0 Å². The molecule has 6 heteroatoms. The Hall–Kier alpha value is -0.480. The smallest absolute Gasteiger partial charge is 0.127 e. The van der Waals surface area contributed by atoms with Gasteiger partial charge in [-0.1, -0.05) is 23.2 Å². The summed E-state index contributed by atoms with van der Waals surface area (Å²) in [6.45, 7) is 4.54.